The van der Waals surface area contributed by atoms with E-state index in [4.69, 9.17) is 14.2 Å². The molecular formula is C46H94NO5P. The summed E-state index contributed by atoms with van der Waals surface area (Å²) in [7, 11) is -3.89. The van der Waals surface area contributed by atoms with E-state index in [1.165, 1.54) is 167 Å². The number of allylic oxidation sites excluding steroid dienone is 4. The molecule has 0 heterocycles. The Kier molecular flexibility index (Phi) is 49.1. The standard InChI is InChI=1S/C36H71O4P.C10H23NO/c1-3-5-7-9-11-13-15-17-19-21-23-25-27-29-31-33-35-39-41(37,38)40-36-34-32-30-28-26-24-22-20-18-16-14-12-10-8-6-4-2;1-3-5-7-11(9-10-12)8-6-4-2/h17-20H,3-16,21-36H2,1-2H3,(H,37,38);12H,3-10H2,1-2H3/b19-17-,20-18-;. The second-order valence-electron chi connectivity index (χ2n) is 15.3. The molecule has 7 heteroatoms. The minimum atomic E-state index is -3.89. The highest BCUT2D eigenvalue weighted by Gasteiger charge is 2.19. The van der Waals surface area contributed by atoms with E-state index in [-0.39, 0.29) is 0 Å². The number of hydrogen-bond donors (Lipinski definition) is 2. The van der Waals surface area contributed by atoms with Crippen molar-refractivity contribution in [3.05, 3.63) is 24.3 Å². The zero-order valence-corrected chi connectivity index (χ0v) is 37.1. The van der Waals surface area contributed by atoms with Crippen molar-refractivity contribution >= 4 is 7.82 Å². The Morgan fingerprint density at radius 1 is 0.415 bits per heavy atom. The van der Waals surface area contributed by atoms with Gasteiger partial charge in [0.05, 0.1) is 19.8 Å². The highest BCUT2D eigenvalue weighted by atomic mass is 31.2. The van der Waals surface area contributed by atoms with Crippen molar-refractivity contribution in [2.45, 2.75) is 233 Å². The molecule has 0 fully saturated rings. The highest BCUT2D eigenvalue weighted by Crippen LogP contribution is 2.43. The molecule has 2 N–H and O–H groups in total. The number of unbranched alkanes of at least 4 members (excludes halogenated alkanes) is 26. The SMILES string of the molecule is CCCCCCCC/C=C\CCCCCCCCOP(=O)(O)OCCCCCCCC/C=C\CCCCCCCC.CCCCN(CCO)CCCC. The largest absolute Gasteiger partial charge is 0.472 e. The normalized spacial score (nSPS) is 12.1. The zero-order chi connectivity index (χ0) is 39.2. The van der Waals surface area contributed by atoms with Gasteiger partial charge in [0.2, 0.25) is 0 Å². The molecule has 6 nitrogen and oxygen atoms in total. The van der Waals surface area contributed by atoms with Crippen molar-refractivity contribution < 1.29 is 23.6 Å². The number of hydrogen-bond acceptors (Lipinski definition) is 5. The van der Waals surface area contributed by atoms with E-state index in [0.29, 0.717) is 19.8 Å². The number of nitrogens with zero attached hydrogens (tertiary/aromatic N) is 1. The quantitative estimate of drug-likeness (QED) is 0.0365. The van der Waals surface area contributed by atoms with Crippen molar-refractivity contribution in [3.8, 4) is 0 Å². The summed E-state index contributed by atoms with van der Waals surface area (Å²) >= 11 is 0. The first-order valence-electron chi connectivity index (χ1n) is 23.2. The first-order valence-corrected chi connectivity index (χ1v) is 24.7. The van der Waals surface area contributed by atoms with Crippen LogP contribution < -0.4 is 0 Å². The zero-order valence-electron chi connectivity index (χ0n) is 36.2. The van der Waals surface area contributed by atoms with Crippen LogP contribution >= 0.6 is 7.82 Å². The summed E-state index contributed by atoms with van der Waals surface area (Å²) in [5, 5.41) is 8.79. The van der Waals surface area contributed by atoms with Gasteiger partial charge in [-0.1, -0.05) is 180 Å². The molecule has 0 atom stereocenters. The van der Waals surface area contributed by atoms with Crippen LogP contribution in [0.15, 0.2) is 24.3 Å². The van der Waals surface area contributed by atoms with Gasteiger partial charge in [0.15, 0.2) is 0 Å². The molecule has 0 aliphatic rings. The van der Waals surface area contributed by atoms with Crippen LogP contribution in [0.2, 0.25) is 0 Å². The number of phosphoric ester groups is 1. The van der Waals surface area contributed by atoms with Crippen molar-refractivity contribution in [3.63, 3.8) is 0 Å². The van der Waals surface area contributed by atoms with Crippen LogP contribution in [-0.2, 0) is 13.6 Å². The van der Waals surface area contributed by atoms with Gasteiger partial charge in [0.1, 0.15) is 0 Å². The molecule has 0 aromatic heterocycles. The predicted molar refractivity (Wildman–Crippen MR) is 234 cm³/mol. The Balaban J connectivity index is 0. The summed E-state index contributed by atoms with van der Waals surface area (Å²) in [4.78, 5) is 12.2. The highest BCUT2D eigenvalue weighted by molar-refractivity contribution is 7.47. The molecule has 0 aliphatic carbocycles. The van der Waals surface area contributed by atoms with Gasteiger partial charge in [-0.25, -0.2) is 4.57 Å². The number of aliphatic hydroxyl groups excluding tert-OH is 1. The molecule has 0 saturated heterocycles. The van der Waals surface area contributed by atoms with Crippen molar-refractivity contribution in [2.75, 3.05) is 39.5 Å². The summed E-state index contributed by atoms with van der Waals surface area (Å²) in [5.74, 6) is 0. The fourth-order valence-corrected chi connectivity index (χ4v) is 7.13. The Hall–Kier alpha value is -0.490. The first-order chi connectivity index (χ1) is 26.0. The van der Waals surface area contributed by atoms with E-state index in [0.717, 1.165) is 58.2 Å². The molecule has 0 amide bonds. The van der Waals surface area contributed by atoms with E-state index in [1.807, 2.05) is 0 Å². The maximum Gasteiger partial charge on any atom is 0.472 e. The molecular weight excluding hydrogens is 677 g/mol. The Morgan fingerprint density at radius 3 is 1.00 bits per heavy atom. The summed E-state index contributed by atoms with van der Waals surface area (Å²) < 4.78 is 22.3. The van der Waals surface area contributed by atoms with Crippen molar-refractivity contribution in [1.82, 2.24) is 4.90 Å². The van der Waals surface area contributed by atoms with Gasteiger partial charge in [-0.3, -0.25) is 9.05 Å². The van der Waals surface area contributed by atoms with Gasteiger partial charge in [-0.05, 0) is 90.1 Å². The number of phosphoric acid groups is 1. The van der Waals surface area contributed by atoms with Gasteiger partial charge in [0, 0.05) is 6.54 Å². The number of aliphatic hydroxyl groups is 1. The summed E-state index contributed by atoms with van der Waals surface area (Å²) in [5.41, 5.74) is 0. The molecule has 53 heavy (non-hydrogen) atoms. The van der Waals surface area contributed by atoms with Crippen LogP contribution in [0, 0.1) is 0 Å². The maximum absolute atomic E-state index is 12.0. The van der Waals surface area contributed by atoms with E-state index in [2.05, 4.69) is 56.9 Å². The lowest BCUT2D eigenvalue weighted by atomic mass is 10.1. The lowest BCUT2D eigenvalue weighted by Gasteiger charge is -2.20. The third kappa shape index (κ3) is 49.5. The van der Waals surface area contributed by atoms with Gasteiger partial charge >= 0.3 is 7.82 Å². The molecule has 0 unspecified atom stereocenters. The maximum atomic E-state index is 12.0. The molecule has 0 radical (unpaired) electrons. The van der Waals surface area contributed by atoms with Crippen LogP contribution in [0.1, 0.15) is 233 Å². The Morgan fingerprint density at radius 2 is 0.698 bits per heavy atom. The van der Waals surface area contributed by atoms with Crippen molar-refractivity contribution in [1.29, 1.82) is 0 Å². The van der Waals surface area contributed by atoms with E-state index >= 15 is 0 Å². The molecule has 0 aliphatic heterocycles. The molecule has 0 aromatic rings. The van der Waals surface area contributed by atoms with Gasteiger partial charge in [-0.2, -0.15) is 0 Å². The summed E-state index contributed by atoms with van der Waals surface area (Å²) in [6, 6.07) is 0. The monoisotopic (exact) mass is 772 g/mol. The second-order valence-corrected chi connectivity index (χ2v) is 16.7. The van der Waals surface area contributed by atoms with E-state index in [1.54, 1.807) is 0 Å². The summed E-state index contributed by atoms with van der Waals surface area (Å²) in [6.45, 7) is 13.0. The summed E-state index contributed by atoms with van der Waals surface area (Å²) in [6.07, 6.45) is 49.3. The van der Waals surface area contributed by atoms with Gasteiger partial charge < -0.3 is 14.9 Å². The van der Waals surface area contributed by atoms with Crippen LogP contribution in [0.4, 0.5) is 0 Å². The minimum Gasteiger partial charge on any atom is -0.395 e. The van der Waals surface area contributed by atoms with Crippen LogP contribution in [0.25, 0.3) is 0 Å². The van der Waals surface area contributed by atoms with Crippen LogP contribution in [0.3, 0.4) is 0 Å². The lowest BCUT2D eigenvalue weighted by molar-refractivity contribution is 0.145. The van der Waals surface area contributed by atoms with Gasteiger partial charge in [0.25, 0.3) is 0 Å². The van der Waals surface area contributed by atoms with Crippen molar-refractivity contribution in [2.24, 2.45) is 0 Å². The fourth-order valence-electron chi connectivity index (χ4n) is 6.34. The fraction of sp³-hybridized carbons (Fsp3) is 0.913. The molecule has 318 valence electrons. The third-order valence-electron chi connectivity index (χ3n) is 9.89. The van der Waals surface area contributed by atoms with E-state index in [9.17, 15) is 9.46 Å². The van der Waals surface area contributed by atoms with E-state index < -0.39 is 7.82 Å². The first kappa shape index (κ1) is 54.6. The third-order valence-corrected chi connectivity index (χ3v) is 10.9. The lowest BCUT2D eigenvalue weighted by Crippen LogP contribution is -2.28. The molecule has 0 spiro atoms. The average molecular weight is 772 g/mol. The minimum absolute atomic E-state index is 0.299. The Labute approximate surface area is 332 Å². The molecule has 0 aromatic carbocycles. The Bertz CT molecular complexity index is 721. The smallest absolute Gasteiger partial charge is 0.395 e. The average Bonchev–Trinajstić information content (AvgIpc) is 3.15. The van der Waals surface area contributed by atoms with Crippen LogP contribution in [-0.4, -0.2) is 54.4 Å². The predicted octanol–water partition coefficient (Wildman–Crippen LogP) is 15.1. The molecule has 0 rings (SSSR count). The molecule has 0 bridgehead atoms. The topological polar surface area (TPSA) is 79.2 Å². The van der Waals surface area contributed by atoms with Gasteiger partial charge in [-0.15, -0.1) is 0 Å². The van der Waals surface area contributed by atoms with Crippen LogP contribution in [0.5, 0.6) is 0 Å². The molecule has 0 saturated carbocycles. The number of rotatable bonds is 42. The second kappa shape index (κ2) is 47.7.